The van der Waals surface area contributed by atoms with Gasteiger partial charge in [-0.25, -0.2) is 0 Å². The Bertz CT molecular complexity index is 294. The summed E-state index contributed by atoms with van der Waals surface area (Å²) in [5.74, 6) is 0. The zero-order chi connectivity index (χ0) is 9.97. The molecule has 0 aliphatic carbocycles. The summed E-state index contributed by atoms with van der Waals surface area (Å²) in [5, 5.41) is 12.4. The van der Waals surface area contributed by atoms with Crippen LogP contribution >= 0.6 is 0 Å². The summed E-state index contributed by atoms with van der Waals surface area (Å²) in [6.45, 7) is 2.35. The Balaban J connectivity index is 2.06. The highest BCUT2D eigenvalue weighted by Gasteiger charge is 2.23. The molecule has 2 nitrogen and oxygen atoms in total. The average molecular weight is 191 g/mol. The van der Waals surface area contributed by atoms with E-state index in [9.17, 15) is 0 Å². The van der Waals surface area contributed by atoms with E-state index in [-0.39, 0.29) is 6.61 Å². The summed E-state index contributed by atoms with van der Waals surface area (Å²) in [6.07, 6.45) is 2.21. The van der Waals surface area contributed by atoms with Crippen LogP contribution < -0.4 is 5.32 Å². The number of nitrogens with one attached hydrogen (secondary N) is 1. The third-order valence-electron chi connectivity index (χ3n) is 2.94. The predicted molar refractivity (Wildman–Crippen MR) is 57.2 cm³/mol. The van der Waals surface area contributed by atoms with Crippen molar-refractivity contribution in [1.29, 1.82) is 0 Å². The van der Waals surface area contributed by atoms with Crippen molar-refractivity contribution in [2.24, 2.45) is 0 Å². The molecule has 1 heterocycles. The monoisotopic (exact) mass is 191 g/mol. The third kappa shape index (κ3) is 1.97. The molecule has 2 atom stereocenters. The zero-order valence-corrected chi connectivity index (χ0v) is 8.53. The van der Waals surface area contributed by atoms with E-state index in [2.05, 4.69) is 36.5 Å². The van der Waals surface area contributed by atoms with Crippen LogP contribution in [0.4, 0.5) is 0 Å². The molecule has 1 fully saturated rings. The molecule has 2 heteroatoms. The largest absolute Gasteiger partial charge is 0.395 e. The van der Waals surface area contributed by atoms with Gasteiger partial charge < -0.3 is 10.4 Å². The van der Waals surface area contributed by atoms with Gasteiger partial charge in [0.2, 0.25) is 0 Å². The summed E-state index contributed by atoms with van der Waals surface area (Å²) in [5.41, 5.74) is 2.64. The minimum atomic E-state index is 0.252. The van der Waals surface area contributed by atoms with Gasteiger partial charge in [0.05, 0.1) is 6.61 Å². The Hall–Kier alpha value is -0.860. The Morgan fingerprint density at radius 1 is 1.29 bits per heavy atom. The fourth-order valence-electron chi connectivity index (χ4n) is 2.02. The van der Waals surface area contributed by atoms with Crippen LogP contribution in [0.1, 0.15) is 30.0 Å². The first kappa shape index (κ1) is 9.69. The minimum Gasteiger partial charge on any atom is -0.395 e. The number of hydrogen-bond donors (Lipinski definition) is 2. The molecule has 2 unspecified atom stereocenters. The van der Waals surface area contributed by atoms with Gasteiger partial charge in [-0.05, 0) is 25.3 Å². The second-order valence-electron chi connectivity index (χ2n) is 4.09. The van der Waals surface area contributed by atoms with Crippen molar-refractivity contribution in [2.75, 3.05) is 6.61 Å². The quantitative estimate of drug-likeness (QED) is 0.747. The van der Waals surface area contributed by atoms with Crippen LogP contribution in [0.25, 0.3) is 0 Å². The molecule has 76 valence electrons. The van der Waals surface area contributed by atoms with Gasteiger partial charge in [-0.1, -0.05) is 29.8 Å². The van der Waals surface area contributed by atoms with Crippen LogP contribution in [0.15, 0.2) is 24.3 Å². The molecule has 0 bridgehead atoms. The first-order chi connectivity index (χ1) is 6.79. The van der Waals surface area contributed by atoms with E-state index in [0.717, 1.165) is 12.8 Å². The molecule has 0 saturated carbocycles. The van der Waals surface area contributed by atoms with Gasteiger partial charge >= 0.3 is 0 Å². The molecule has 0 aromatic heterocycles. The van der Waals surface area contributed by atoms with Crippen LogP contribution in [0.2, 0.25) is 0 Å². The third-order valence-corrected chi connectivity index (χ3v) is 2.94. The molecule has 1 aromatic rings. The molecule has 14 heavy (non-hydrogen) atoms. The molecule has 1 aliphatic rings. The molecule has 2 N–H and O–H groups in total. The molecule has 0 radical (unpaired) electrons. The van der Waals surface area contributed by atoms with E-state index in [1.165, 1.54) is 11.1 Å². The maximum Gasteiger partial charge on any atom is 0.0584 e. The zero-order valence-electron chi connectivity index (χ0n) is 8.53. The van der Waals surface area contributed by atoms with Crippen LogP contribution in [0.3, 0.4) is 0 Å². The average Bonchev–Trinajstić information content (AvgIpc) is 2.67. The van der Waals surface area contributed by atoms with E-state index < -0.39 is 0 Å². The standard InChI is InChI=1S/C12H17NO/c1-9-2-4-10(5-3-9)12-7-6-11(8-14)13-12/h2-5,11-14H,6-8H2,1H3. The van der Waals surface area contributed by atoms with Crippen molar-refractivity contribution in [1.82, 2.24) is 5.32 Å². The van der Waals surface area contributed by atoms with E-state index >= 15 is 0 Å². The van der Waals surface area contributed by atoms with Crippen molar-refractivity contribution in [3.05, 3.63) is 35.4 Å². The van der Waals surface area contributed by atoms with E-state index in [0.29, 0.717) is 12.1 Å². The number of benzene rings is 1. The Morgan fingerprint density at radius 2 is 2.00 bits per heavy atom. The normalized spacial score (nSPS) is 26.7. The van der Waals surface area contributed by atoms with Crippen molar-refractivity contribution in [2.45, 2.75) is 31.8 Å². The maximum absolute atomic E-state index is 9.01. The first-order valence-corrected chi connectivity index (χ1v) is 5.23. The summed E-state index contributed by atoms with van der Waals surface area (Å²) in [7, 11) is 0. The lowest BCUT2D eigenvalue weighted by atomic mass is 10.0. The minimum absolute atomic E-state index is 0.252. The first-order valence-electron chi connectivity index (χ1n) is 5.23. The summed E-state index contributed by atoms with van der Waals surface area (Å²) in [4.78, 5) is 0. The molecule has 0 amide bonds. The number of hydrogen-bond acceptors (Lipinski definition) is 2. The highest BCUT2D eigenvalue weighted by atomic mass is 16.3. The second-order valence-corrected chi connectivity index (χ2v) is 4.09. The molecule has 1 aromatic carbocycles. The molecular formula is C12H17NO. The van der Waals surface area contributed by atoms with Gasteiger partial charge in [-0.15, -0.1) is 0 Å². The predicted octanol–water partition coefficient (Wildman–Crippen LogP) is 1.78. The van der Waals surface area contributed by atoms with Gasteiger partial charge in [0.15, 0.2) is 0 Å². The van der Waals surface area contributed by atoms with Crippen molar-refractivity contribution in [3.63, 3.8) is 0 Å². The lowest BCUT2D eigenvalue weighted by Gasteiger charge is -2.13. The molecule has 1 aliphatic heterocycles. The highest BCUT2D eigenvalue weighted by molar-refractivity contribution is 5.24. The van der Waals surface area contributed by atoms with Crippen LogP contribution in [0.5, 0.6) is 0 Å². The topological polar surface area (TPSA) is 32.3 Å². The van der Waals surface area contributed by atoms with Crippen molar-refractivity contribution >= 4 is 0 Å². The van der Waals surface area contributed by atoms with Gasteiger partial charge in [0, 0.05) is 12.1 Å². The fourth-order valence-corrected chi connectivity index (χ4v) is 2.02. The van der Waals surface area contributed by atoms with Crippen LogP contribution in [-0.4, -0.2) is 17.8 Å². The number of rotatable bonds is 2. The smallest absolute Gasteiger partial charge is 0.0584 e. The maximum atomic E-state index is 9.01. The lowest BCUT2D eigenvalue weighted by molar-refractivity contribution is 0.251. The molecule has 0 spiro atoms. The van der Waals surface area contributed by atoms with Gasteiger partial charge in [-0.2, -0.15) is 0 Å². The number of aryl methyl sites for hydroxylation is 1. The Kier molecular flexibility index (Phi) is 2.85. The van der Waals surface area contributed by atoms with E-state index in [1.54, 1.807) is 0 Å². The number of aliphatic hydroxyl groups excluding tert-OH is 1. The molecule has 1 saturated heterocycles. The lowest BCUT2D eigenvalue weighted by Crippen LogP contribution is -2.27. The van der Waals surface area contributed by atoms with Gasteiger partial charge in [0.1, 0.15) is 0 Å². The van der Waals surface area contributed by atoms with Crippen LogP contribution in [0, 0.1) is 6.92 Å². The summed E-state index contributed by atoms with van der Waals surface area (Å²) < 4.78 is 0. The Morgan fingerprint density at radius 3 is 2.57 bits per heavy atom. The molecular weight excluding hydrogens is 174 g/mol. The highest BCUT2D eigenvalue weighted by Crippen LogP contribution is 2.26. The second kappa shape index (κ2) is 4.11. The molecule has 2 rings (SSSR count). The van der Waals surface area contributed by atoms with Gasteiger partial charge in [-0.3, -0.25) is 0 Å². The van der Waals surface area contributed by atoms with Crippen LogP contribution in [-0.2, 0) is 0 Å². The van der Waals surface area contributed by atoms with Crippen molar-refractivity contribution < 1.29 is 5.11 Å². The fraction of sp³-hybridized carbons (Fsp3) is 0.500. The SMILES string of the molecule is Cc1ccc(C2CCC(CO)N2)cc1. The summed E-state index contributed by atoms with van der Waals surface area (Å²) >= 11 is 0. The van der Waals surface area contributed by atoms with E-state index in [1.807, 2.05) is 0 Å². The van der Waals surface area contributed by atoms with Crippen molar-refractivity contribution in [3.8, 4) is 0 Å². The Labute approximate surface area is 85.0 Å². The van der Waals surface area contributed by atoms with Gasteiger partial charge in [0.25, 0.3) is 0 Å². The summed E-state index contributed by atoms with van der Waals surface area (Å²) in [6, 6.07) is 9.36. The number of aliphatic hydroxyl groups is 1. The van der Waals surface area contributed by atoms with E-state index in [4.69, 9.17) is 5.11 Å².